The van der Waals surface area contributed by atoms with E-state index in [0.29, 0.717) is 5.92 Å². The van der Waals surface area contributed by atoms with Crippen LogP contribution in [0.2, 0.25) is 0 Å². The second kappa shape index (κ2) is 7.51. The van der Waals surface area contributed by atoms with Gasteiger partial charge in [-0.1, -0.05) is 12.2 Å². The molecular weight excluding hydrogens is 320 g/mol. The first-order valence-electron chi connectivity index (χ1n) is 8.84. The third kappa shape index (κ3) is 3.89. The minimum Gasteiger partial charge on any atom is -0.343 e. The Morgan fingerprint density at radius 2 is 1.88 bits per heavy atom. The molecule has 0 spiro atoms. The van der Waals surface area contributed by atoms with Crippen molar-refractivity contribution in [3.63, 3.8) is 0 Å². The normalized spacial score (nSPS) is 20.1. The van der Waals surface area contributed by atoms with E-state index in [0.717, 1.165) is 63.8 Å². The molecule has 2 aliphatic rings. The highest BCUT2D eigenvalue weighted by Gasteiger charge is 2.25. The van der Waals surface area contributed by atoms with Crippen LogP contribution in [0.3, 0.4) is 0 Å². The predicted octanol–water partition coefficient (Wildman–Crippen LogP) is 3.66. The van der Waals surface area contributed by atoms with Crippen molar-refractivity contribution >= 4 is 23.2 Å². The van der Waals surface area contributed by atoms with Crippen LogP contribution in [0.25, 0.3) is 0 Å². The lowest BCUT2D eigenvalue weighted by atomic mass is 9.95. The Bertz CT molecular complexity index is 629. The van der Waals surface area contributed by atoms with E-state index < -0.39 is 0 Å². The molecule has 1 aromatic rings. The van der Waals surface area contributed by atoms with Crippen LogP contribution in [0.1, 0.15) is 60.2 Å². The van der Waals surface area contributed by atoms with E-state index in [-0.39, 0.29) is 11.8 Å². The lowest BCUT2D eigenvalue weighted by molar-refractivity contribution is -0.129. The number of rotatable bonds is 2. The van der Waals surface area contributed by atoms with Crippen molar-refractivity contribution in [2.24, 2.45) is 0 Å². The molecule has 3 rings (SSSR count). The van der Waals surface area contributed by atoms with Crippen LogP contribution in [0.5, 0.6) is 0 Å². The maximum absolute atomic E-state index is 12.7. The summed E-state index contributed by atoms with van der Waals surface area (Å²) in [6.45, 7) is 8.98. The average molecular weight is 346 g/mol. The van der Waals surface area contributed by atoms with Crippen molar-refractivity contribution < 1.29 is 9.59 Å². The Hall–Kier alpha value is -1.62. The molecule has 0 aromatic carbocycles. The number of piperidine rings is 1. The molecule has 4 nitrogen and oxygen atoms in total. The van der Waals surface area contributed by atoms with E-state index in [4.69, 9.17) is 0 Å². The minimum atomic E-state index is 0.161. The molecule has 2 saturated heterocycles. The molecule has 130 valence electrons. The molecule has 2 fully saturated rings. The summed E-state index contributed by atoms with van der Waals surface area (Å²) in [7, 11) is 0. The summed E-state index contributed by atoms with van der Waals surface area (Å²) in [5.74, 6) is 0.808. The van der Waals surface area contributed by atoms with E-state index >= 15 is 0 Å². The molecule has 2 amide bonds. The number of amides is 2. The molecule has 24 heavy (non-hydrogen) atoms. The fourth-order valence-electron chi connectivity index (χ4n) is 3.59. The van der Waals surface area contributed by atoms with Gasteiger partial charge in [0, 0.05) is 43.4 Å². The van der Waals surface area contributed by atoms with Gasteiger partial charge >= 0.3 is 0 Å². The molecular formula is C19H26N2O2S. The van der Waals surface area contributed by atoms with Gasteiger partial charge in [-0.15, -0.1) is 11.3 Å². The van der Waals surface area contributed by atoms with Crippen LogP contribution in [-0.4, -0.2) is 47.8 Å². The summed E-state index contributed by atoms with van der Waals surface area (Å²) in [6.07, 6.45) is 4.97. The van der Waals surface area contributed by atoms with Gasteiger partial charge in [0.05, 0.1) is 5.56 Å². The Morgan fingerprint density at radius 3 is 2.58 bits per heavy atom. The number of likely N-dealkylation sites (tertiary alicyclic amines) is 2. The highest BCUT2D eigenvalue weighted by Crippen LogP contribution is 2.33. The average Bonchev–Trinajstić information content (AvgIpc) is 2.97. The van der Waals surface area contributed by atoms with Crippen molar-refractivity contribution in [2.45, 2.75) is 44.9 Å². The van der Waals surface area contributed by atoms with Crippen LogP contribution < -0.4 is 0 Å². The third-order valence-corrected chi connectivity index (χ3v) is 6.29. The maximum atomic E-state index is 12.7. The van der Waals surface area contributed by atoms with Crippen molar-refractivity contribution in [1.82, 2.24) is 9.80 Å². The van der Waals surface area contributed by atoms with Crippen LogP contribution >= 0.6 is 11.3 Å². The molecule has 0 saturated carbocycles. The van der Waals surface area contributed by atoms with Crippen molar-refractivity contribution in [3.8, 4) is 0 Å². The Labute approximate surface area is 148 Å². The Balaban J connectivity index is 1.62. The lowest BCUT2D eigenvalue weighted by Crippen LogP contribution is -2.36. The number of carbonyl (C=O) groups is 2. The number of thiophene rings is 1. The van der Waals surface area contributed by atoms with Gasteiger partial charge in [-0.05, 0) is 44.1 Å². The van der Waals surface area contributed by atoms with Gasteiger partial charge in [-0.25, -0.2) is 0 Å². The van der Waals surface area contributed by atoms with Crippen molar-refractivity contribution in [3.05, 3.63) is 34.0 Å². The van der Waals surface area contributed by atoms with E-state index in [1.165, 1.54) is 10.5 Å². The van der Waals surface area contributed by atoms with Crippen molar-refractivity contribution in [1.29, 1.82) is 0 Å². The lowest BCUT2D eigenvalue weighted by Gasteiger charge is -2.30. The summed E-state index contributed by atoms with van der Waals surface area (Å²) in [5, 5.41) is 2.01. The zero-order valence-corrected chi connectivity index (χ0v) is 15.2. The Morgan fingerprint density at radius 1 is 1.12 bits per heavy atom. The number of carbonyl (C=O) groups excluding carboxylic acids is 2. The van der Waals surface area contributed by atoms with Crippen LogP contribution in [-0.2, 0) is 4.79 Å². The van der Waals surface area contributed by atoms with Crippen LogP contribution in [0, 0.1) is 0 Å². The molecule has 0 bridgehead atoms. The first-order chi connectivity index (χ1) is 11.5. The number of nitrogens with zero attached hydrogens (tertiary/aromatic N) is 2. The van der Waals surface area contributed by atoms with E-state index in [1.807, 2.05) is 15.2 Å². The van der Waals surface area contributed by atoms with Gasteiger partial charge < -0.3 is 9.80 Å². The quantitative estimate of drug-likeness (QED) is 0.767. The van der Waals surface area contributed by atoms with Crippen LogP contribution in [0.15, 0.2) is 23.6 Å². The SMILES string of the molecule is C=C1CCCN(C(=O)c2csc(C3CCN(C(C)=O)CC3)c2)CC1. The predicted molar refractivity (Wildman–Crippen MR) is 97.4 cm³/mol. The molecule has 0 aliphatic carbocycles. The zero-order chi connectivity index (χ0) is 17.1. The number of hydrogen-bond acceptors (Lipinski definition) is 3. The first-order valence-corrected chi connectivity index (χ1v) is 9.72. The van der Waals surface area contributed by atoms with Crippen molar-refractivity contribution in [2.75, 3.05) is 26.2 Å². The molecule has 3 heterocycles. The van der Waals surface area contributed by atoms with Gasteiger partial charge in [0.15, 0.2) is 0 Å². The van der Waals surface area contributed by atoms with Crippen LogP contribution in [0.4, 0.5) is 0 Å². The summed E-state index contributed by atoms with van der Waals surface area (Å²) < 4.78 is 0. The topological polar surface area (TPSA) is 40.6 Å². The second-order valence-electron chi connectivity index (χ2n) is 6.91. The molecule has 0 atom stereocenters. The monoisotopic (exact) mass is 346 g/mol. The third-order valence-electron chi connectivity index (χ3n) is 5.19. The van der Waals surface area contributed by atoms with Gasteiger partial charge in [0.25, 0.3) is 5.91 Å². The second-order valence-corrected chi connectivity index (χ2v) is 7.86. The standard InChI is InChI=1S/C19H26N2O2S/c1-14-4-3-8-21(9-5-14)19(23)17-12-18(24-13-17)16-6-10-20(11-7-16)15(2)22/h12-13,16H,1,3-11H2,2H3. The van der Waals surface area contributed by atoms with E-state index in [2.05, 4.69) is 12.6 Å². The Kier molecular flexibility index (Phi) is 5.39. The zero-order valence-electron chi connectivity index (χ0n) is 14.4. The van der Waals surface area contributed by atoms with E-state index in [1.54, 1.807) is 18.3 Å². The van der Waals surface area contributed by atoms with Gasteiger partial charge in [0.1, 0.15) is 0 Å². The maximum Gasteiger partial charge on any atom is 0.254 e. The summed E-state index contributed by atoms with van der Waals surface area (Å²) in [6, 6.07) is 2.08. The van der Waals surface area contributed by atoms with Gasteiger partial charge in [0.2, 0.25) is 5.91 Å². The molecule has 0 radical (unpaired) electrons. The minimum absolute atomic E-state index is 0.161. The van der Waals surface area contributed by atoms with Gasteiger partial charge in [-0.2, -0.15) is 0 Å². The molecule has 0 N–H and O–H groups in total. The largest absolute Gasteiger partial charge is 0.343 e. The summed E-state index contributed by atoms with van der Waals surface area (Å²) >= 11 is 1.70. The summed E-state index contributed by atoms with van der Waals surface area (Å²) in [4.78, 5) is 29.4. The molecule has 1 aromatic heterocycles. The highest BCUT2D eigenvalue weighted by atomic mass is 32.1. The summed E-state index contributed by atoms with van der Waals surface area (Å²) in [5.41, 5.74) is 2.09. The molecule has 5 heteroatoms. The fraction of sp³-hybridized carbons (Fsp3) is 0.579. The van der Waals surface area contributed by atoms with E-state index in [9.17, 15) is 9.59 Å². The molecule has 2 aliphatic heterocycles. The molecule has 0 unspecified atom stereocenters. The fourth-order valence-corrected chi connectivity index (χ4v) is 4.65. The first kappa shape index (κ1) is 17.2. The smallest absolute Gasteiger partial charge is 0.254 e. The highest BCUT2D eigenvalue weighted by molar-refractivity contribution is 7.10. The number of hydrogen-bond donors (Lipinski definition) is 0. The van der Waals surface area contributed by atoms with Gasteiger partial charge in [-0.3, -0.25) is 9.59 Å².